The van der Waals surface area contributed by atoms with E-state index in [2.05, 4.69) is 19.9 Å². The third kappa shape index (κ3) is 4.07. The van der Waals surface area contributed by atoms with Crippen LogP contribution < -0.4 is 9.64 Å². The summed E-state index contributed by atoms with van der Waals surface area (Å²) in [6.07, 6.45) is 1.59. The van der Waals surface area contributed by atoms with Gasteiger partial charge in [0.1, 0.15) is 22.8 Å². The number of thiazole rings is 1. The third-order valence-electron chi connectivity index (χ3n) is 5.03. The zero-order valence-electron chi connectivity index (χ0n) is 16.8. The van der Waals surface area contributed by atoms with Gasteiger partial charge in [-0.3, -0.25) is 4.79 Å². The van der Waals surface area contributed by atoms with Crippen molar-refractivity contribution in [3.05, 3.63) is 52.2 Å². The second-order valence-corrected chi connectivity index (χ2v) is 8.12. The van der Waals surface area contributed by atoms with Crippen LogP contribution in [0.5, 0.6) is 5.75 Å². The van der Waals surface area contributed by atoms with Crippen molar-refractivity contribution in [2.24, 2.45) is 0 Å². The van der Waals surface area contributed by atoms with Crippen molar-refractivity contribution in [1.29, 1.82) is 0 Å². The largest absolute Gasteiger partial charge is 0.497 e. The van der Waals surface area contributed by atoms with Crippen LogP contribution in [0, 0.1) is 13.8 Å². The second kappa shape index (κ2) is 8.16. The van der Waals surface area contributed by atoms with Gasteiger partial charge in [-0.2, -0.15) is 0 Å². The Kier molecular flexibility index (Phi) is 5.44. The van der Waals surface area contributed by atoms with Gasteiger partial charge < -0.3 is 14.5 Å². The number of carbonyl (C=O) groups excluding carboxylic acids is 1. The summed E-state index contributed by atoms with van der Waals surface area (Å²) in [5.41, 5.74) is 2.70. The number of aromatic nitrogens is 3. The first-order valence-electron chi connectivity index (χ1n) is 9.50. The van der Waals surface area contributed by atoms with Gasteiger partial charge in [-0.1, -0.05) is 0 Å². The number of hydrogen-bond acceptors (Lipinski definition) is 7. The van der Waals surface area contributed by atoms with Crippen molar-refractivity contribution in [2.45, 2.75) is 13.8 Å². The summed E-state index contributed by atoms with van der Waals surface area (Å²) in [4.78, 5) is 30.9. The quantitative estimate of drug-likeness (QED) is 0.659. The lowest BCUT2D eigenvalue weighted by atomic mass is 10.1. The van der Waals surface area contributed by atoms with Gasteiger partial charge in [0, 0.05) is 37.8 Å². The van der Waals surface area contributed by atoms with Crippen LogP contribution in [0.3, 0.4) is 0 Å². The average molecular weight is 410 g/mol. The molecule has 1 amide bonds. The number of amides is 1. The highest BCUT2D eigenvalue weighted by atomic mass is 32.1. The van der Waals surface area contributed by atoms with E-state index in [0.717, 1.165) is 51.5 Å². The number of hydrogen-bond donors (Lipinski definition) is 0. The standard InChI is InChI=1S/C21H23N5O2S/c1-14-20(29-15(2)24-14)21(27)26-10-8-25(9-11-26)19-12-18(22-13-23-19)16-4-6-17(28-3)7-5-16/h4-7,12-13H,8-11H2,1-3H3. The molecule has 1 aliphatic heterocycles. The number of carbonyl (C=O) groups is 1. The van der Waals surface area contributed by atoms with Gasteiger partial charge in [-0.25, -0.2) is 15.0 Å². The minimum atomic E-state index is 0.0781. The van der Waals surface area contributed by atoms with Crippen LogP contribution in [-0.2, 0) is 0 Å². The van der Waals surface area contributed by atoms with Gasteiger partial charge in [0.2, 0.25) is 0 Å². The van der Waals surface area contributed by atoms with Crippen molar-refractivity contribution in [1.82, 2.24) is 19.9 Å². The van der Waals surface area contributed by atoms with Crippen LogP contribution in [0.15, 0.2) is 36.7 Å². The van der Waals surface area contributed by atoms with E-state index in [9.17, 15) is 4.79 Å². The van der Waals surface area contributed by atoms with E-state index in [1.54, 1.807) is 13.4 Å². The van der Waals surface area contributed by atoms with Gasteiger partial charge in [0.15, 0.2) is 0 Å². The molecule has 0 spiro atoms. The highest BCUT2D eigenvalue weighted by molar-refractivity contribution is 7.13. The average Bonchev–Trinajstić information content (AvgIpc) is 3.11. The zero-order valence-corrected chi connectivity index (χ0v) is 17.6. The lowest BCUT2D eigenvalue weighted by Gasteiger charge is -2.35. The van der Waals surface area contributed by atoms with E-state index in [4.69, 9.17) is 4.74 Å². The first-order valence-corrected chi connectivity index (χ1v) is 10.3. The van der Waals surface area contributed by atoms with Crippen molar-refractivity contribution < 1.29 is 9.53 Å². The number of methoxy groups -OCH3 is 1. The van der Waals surface area contributed by atoms with Gasteiger partial charge in [0.05, 0.1) is 23.5 Å². The SMILES string of the molecule is COc1ccc(-c2cc(N3CCN(C(=O)c4sc(C)nc4C)CC3)ncn2)cc1. The number of rotatable bonds is 4. The van der Waals surface area contributed by atoms with Crippen molar-refractivity contribution >= 4 is 23.1 Å². The topological polar surface area (TPSA) is 71.5 Å². The molecule has 150 valence electrons. The summed E-state index contributed by atoms with van der Waals surface area (Å²) in [5, 5.41) is 0.927. The van der Waals surface area contributed by atoms with Crippen LogP contribution in [-0.4, -0.2) is 59.0 Å². The molecule has 4 rings (SSSR count). The fraction of sp³-hybridized carbons (Fsp3) is 0.333. The predicted octanol–water partition coefficient (Wildman–Crippen LogP) is 3.19. The summed E-state index contributed by atoms with van der Waals surface area (Å²) < 4.78 is 5.22. The fourth-order valence-electron chi connectivity index (χ4n) is 3.45. The summed E-state index contributed by atoms with van der Waals surface area (Å²) in [6, 6.07) is 9.81. The summed E-state index contributed by atoms with van der Waals surface area (Å²) in [7, 11) is 1.65. The summed E-state index contributed by atoms with van der Waals surface area (Å²) >= 11 is 1.47. The minimum absolute atomic E-state index is 0.0781. The molecule has 7 nitrogen and oxygen atoms in total. The number of ether oxygens (including phenoxy) is 1. The maximum absolute atomic E-state index is 12.8. The Bertz CT molecular complexity index is 1010. The molecular formula is C21H23N5O2S. The van der Waals surface area contributed by atoms with Crippen LogP contribution in [0.25, 0.3) is 11.3 Å². The molecule has 29 heavy (non-hydrogen) atoms. The normalized spacial score (nSPS) is 14.2. The van der Waals surface area contributed by atoms with Gasteiger partial charge in [-0.15, -0.1) is 11.3 Å². The van der Waals surface area contributed by atoms with Gasteiger partial charge in [0.25, 0.3) is 5.91 Å². The molecule has 8 heteroatoms. The fourth-order valence-corrected chi connectivity index (χ4v) is 4.34. The number of piperazine rings is 1. The molecule has 0 atom stereocenters. The Labute approximate surface area is 174 Å². The van der Waals surface area contributed by atoms with Crippen LogP contribution >= 0.6 is 11.3 Å². The number of aryl methyl sites for hydroxylation is 2. The molecule has 0 unspecified atom stereocenters. The zero-order chi connectivity index (χ0) is 20.4. The molecule has 0 saturated carbocycles. The van der Waals surface area contributed by atoms with Crippen LogP contribution in [0.4, 0.5) is 5.82 Å². The van der Waals surface area contributed by atoms with E-state index < -0.39 is 0 Å². The van der Waals surface area contributed by atoms with Crippen molar-refractivity contribution in [2.75, 3.05) is 38.2 Å². The predicted molar refractivity (Wildman–Crippen MR) is 114 cm³/mol. The minimum Gasteiger partial charge on any atom is -0.497 e. The molecule has 0 radical (unpaired) electrons. The first kappa shape index (κ1) is 19.3. The smallest absolute Gasteiger partial charge is 0.265 e. The van der Waals surface area contributed by atoms with E-state index in [1.807, 2.05) is 49.1 Å². The molecule has 1 aliphatic rings. The molecule has 1 fully saturated rings. The second-order valence-electron chi connectivity index (χ2n) is 6.92. The third-order valence-corrected chi connectivity index (χ3v) is 6.09. The molecule has 0 bridgehead atoms. The van der Waals surface area contributed by atoms with Crippen LogP contribution in [0.1, 0.15) is 20.4 Å². The molecular weight excluding hydrogens is 386 g/mol. The lowest BCUT2D eigenvalue weighted by molar-refractivity contribution is 0.0750. The van der Waals surface area contributed by atoms with Gasteiger partial charge >= 0.3 is 0 Å². The maximum atomic E-state index is 12.8. The van der Waals surface area contributed by atoms with E-state index >= 15 is 0 Å². The summed E-state index contributed by atoms with van der Waals surface area (Å²) in [6.45, 7) is 6.63. The Morgan fingerprint density at radius 2 is 1.79 bits per heavy atom. The molecule has 0 N–H and O–H groups in total. The van der Waals surface area contributed by atoms with E-state index in [1.165, 1.54) is 11.3 Å². The Morgan fingerprint density at radius 3 is 2.41 bits per heavy atom. The number of benzene rings is 1. The Balaban J connectivity index is 1.44. The van der Waals surface area contributed by atoms with E-state index in [-0.39, 0.29) is 5.91 Å². The summed E-state index contributed by atoms with van der Waals surface area (Å²) in [5.74, 6) is 1.77. The first-order chi connectivity index (χ1) is 14.0. The van der Waals surface area contributed by atoms with Crippen LogP contribution in [0.2, 0.25) is 0 Å². The maximum Gasteiger partial charge on any atom is 0.265 e. The highest BCUT2D eigenvalue weighted by Gasteiger charge is 2.25. The van der Waals surface area contributed by atoms with Crippen molar-refractivity contribution in [3.8, 4) is 17.0 Å². The van der Waals surface area contributed by atoms with Gasteiger partial charge in [-0.05, 0) is 38.1 Å². The van der Waals surface area contributed by atoms with Crippen molar-refractivity contribution in [3.63, 3.8) is 0 Å². The molecule has 3 aromatic rings. The molecule has 2 aromatic heterocycles. The highest BCUT2D eigenvalue weighted by Crippen LogP contribution is 2.25. The molecule has 3 heterocycles. The monoisotopic (exact) mass is 409 g/mol. The Morgan fingerprint density at radius 1 is 1.07 bits per heavy atom. The number of anilines is 1. The molecule has 1 aromatic carbocycles. The molecule has 0 aliphatic carbocycles. The lowest BCUT2D eigenvalue weighted by Crippen LogP contribution is -2.49. The molecule has 1 saturated heterocycles. The Hall–Kier alpha value is -3.00. The number of nitrogens with zero attached hydrogens (tertiary/aromatic N) is 5. The van der Waals surface area contributed by atoms with E-state index in [0.29, 0.717) is 13.1 Å².